The van der Waals surface area contributed by atoms with Gasteiger partial charge in [0.15, 0.2) is 5.16 Å². The van der Waals surface area contributed by atoms with Crippen LogP contribution in [0.1, 0.15) is 11.1 Å². The number of aromatic nitrogens is 2. The van der Waals surface area contributed by atoms with Crippen molar-refractivity contribution in [1.82, 2.24) is 9.55 Å². The lowest BCUT2D eigenvalue weighted by Crippen LogP contribution is -2.21. The third-order valence-corrected chi connectivity index (χ3v) is 5.35. The average Bonchev–Trinajstić information content (AvgIpc) is 2.73. The molecule has 0 amide bonds. The molecule has 0 atom stereocenters. The molecule has 0 N–H and O–H groups in total. The van der Waals surface area contributed by atoms with Gasteiger partial charge >= 0.3 is 0 Å². The lowest BCUT2D eigenvalue weighted by molar-refractivity contribution is 0.819. The first-order valence-electron chi connectivity index (χ1n) is 8.67. The molecule has 0 saturated carbocycles. The molecule has 0 spiro atoms. The summed E-state index contributed by atoms with van der Waals surface area (Å²) in [5.41, 5.74) is 3.77. The second kappa shape index (κ2) is 7.64. The molecule has 4 heteroatoms. The molecule has 0 unspecified atom stereocenters. The first-order chi connectivity index (χ1) is 13.3. The topological polar surface area (TPSA) is 34.9 Å². The van der Waals surface area contributed by atoms with Gasteiger partial charge in [0.2, 0.25) is 0 Å². The summed E-state index contributed by atoms with van der Waals surface area (Å²) in [6, 6.07) is 25.4. The quantitative estimate of drug-likeness (QED) is 0.352. The molecule has 1 heterocycles. The summed E-state index contributed by atoms with van der Waals surface area (Å²) >= 11 is 1.56. The van der Waals surface area contributed by atoms with Crippen molar-refractivity contribution < 1.29 is 0 Å². The van der Waals surface area contributed by atoms with E-state index in [0.717, 1.165) is 22.5 Å². The molecule has 132 valence electrons. The van der Waals surface area contributed by atoms with Gasteiger partial charge in [-0.3, -0.25) is 9.36 Å². The Kier molecular flexibility index (Phi) is 4.90. The van der Waals surface area contributed by atoms with Gasteiger partial charge in [0.1, 0.15) is 0 Å². The number of fused-ring (bicyclic) bond motifs is 1. The predicted octanol–water partition coefficient (Wildman–Crippen LogP) is 5.32. The van der Waals surface area contributed by atoms with Crippen molar-refractivity contribution in [3.8, 4) is 5.69 Å². The van der Waals surface area contributed by atoms with Crippen molar-refractivity contribution >= 4 is 28.7 Å². The number of nitrogens with zero attached hydrogens (tertiary/aromatic N) is 2. The zero-order valence-electron chi connectivity index (χ0n) is 14.7. The molecule has 0 aliphatic heterocycles. The van der Waals surface area contributed by atoms with Crippen LogP contribution in [0.15, 0.2) is 95.4 Å². The van der Waals surface area contributed by atoms with Crippen molar-refractivity contribution in [1.29, 1.82) is 0 Å². The summed E-state index contributed by atoms with van der Waals surface area (Å²) < 4.78 is 1.70. The molecule has 0 aliphatic carbocycles. The van der Waals surface area contributed by atoms with Crippen LogP contribution in [0.4, 0.5) is 0 Å². The van der Waals surface area contributed by atoms with Gasteiger partial charge in [-0.15, -0.1) is 0 Å². The highest BCUT2D eigenvalue weighted by Crippen LogP contribution is 2.24. The van der Waals surface area contributed by atoms with Crippen LogP contribution in [0.2, 0.25) is 0 Å². The van der Waals surface area contributed by atoms with Crippen molar-refractivity contribution in [2.24, 2.45) is 0 Å². The molecular formula is C23H18N2OS. The second-order valence-electron chi connectivity index (χ2n) is 6.12. The SMILES string of the molecule is C=Cc1ccc(CSc2nc3ccccc3c(=O)n2-c2ccccc2)cc1. The highest BCUT2D eigenvalue weighted by molar-refractivity contribution is 7.98. The van der Waals surface area contributed by atoms with E-state index in [1.165, 1.54) is 5.56 Å². The molecule has 0 aliphatic rings. The van der Waals surface area contributed by atoms with Gasteiger partial charge in [-0.1, -0.05) is 79.0 Å². The zero-order chi connectivity index (χ0) is 18.6. The number of hydrogen-bond donors (Lipinski definition) is 0. The fraction of sp³-hybridized carbons (Fsp3) is 0.0435. The Bertz CT molecular complexity index is 1150. The van der Waals surface area contributed by atoms with Crippen LogP contribution < -0.4 is 5.56 Å². The molecule has 3 aromatic carbocycles. The van der Waals surface area contributed by atoms with E-state index >= 15 is 0 Å². The number of para-hydroxylation sites is 2. The lowest BCUT2D eigenvalue weighted by atomic mass is 10.1. The Balaban J connectivity index is 1.78. The van der Waals surface area contributed by atoms with E-state index in [1.54, 1.807) is 16.3 Å². The standard InChI is InChI=1S/C23H18N2OS/c1-2-17-12-14-18(15-13-17)16-27-23-24-21-11-7-6-10-20(21)22(26)25(23)19-8-4-3-5-9-19/h2-15H,1,16H2. The Morgan fingerprint density at radius 2 is 1.63 bits per heavy atom. The van der Waals surface area contributed by atoms with Crippen LogP contribution in [-0.4, -0.2) is 9.55 Å². The molecule has 0 saturated heterocycles. The maximum absolute atomic E-state index is 13.1. The third kappa shape index (κ3) is 3.57. The van der Waals surface area contributed by atoms with Crippen molar-refractivity contribution in [3.63, 3.8) is 0 Å². The molecule has 27 heavy (non-hydrogen) atoms. The van der Waals surface area contributed by atoms with Crippen LogP contribution in [-0.2, 0) is 5.75 Å². The fourth-order valence-corrected chi connectivity index (χ4v) is 3.88. The summed E-state index contributed by atoms with van der Waals surface area (Å²) in [4.78, 5) is 17.9. The normalized spacial score (nSPS) is 10.8. The molecule has 4 aromatic rings. The van der Waals surface area contributed by atoms with Gasteiger partial charge in [-0.2, -0.15) is 0 Å². The predicted molar refractivity (Wildman–Crippen MR) is 113 cm³/mol. The molecular weight excluding hydrogens is 352 g/mol. The minimum atomic E-state index is -0.0451. The van der Waals surface area contributed by atoms with E-state index < -0.39 is 0 Å². The summed E-state index contributed by atoms with van der Waals surface area (Å²) in [7, 11) is 0. The van der Waals surface area contributed by atoms with Gasteiger partial charge in [0.05, 0.1) is 16.6 Å². The first-order valence-corrected chi connectivity index (χ1v) is 9.66. The van der Waals surface area contributed by atoms with E-state index in [-0.39, 0.29) is 5.56 Å². The number of benzene rings is 3. The minimum Gasteiger partial charge on any atom is -0.268 e. The van der Waals surface area contributed by atoms with Crippen molar-refractivity contribution in [2.45, 2.75) is 10.9 Å². The van der Waals surface area contributed by atoms with Gasteiger partial charge in [-0.25, -0.2) is 4.98 Å². The number of rotatable bonds is 5. The van der Waals surface area contributed by atoms with Crippen LogP contribution >= 0.6 is 11.8 Å². The summed E-state index contributed by atoms with van der Waals surface area (Å²) in [6.07, 6.45) is 1.83. The Labute approximate surface area is 162 Å². The summed E-state index contributed by atoms with van der Waals surface area (Å²) in [6.45, 7) is 3.78. The Hall–Kier alpha value is -3.11. The van der Waals surface area contributed by atoms with Crippen molar-refractivity contribution in [3.05, 3.63) is 107 Å². The van der Waals surface area contributed by atoms with Crippen LogP contribution in [0, 0.1) is 0 Å². The lowest BCUT2D eigenvalue weighted by Gasteiger charge is -2.13. The van der Waals surface area contributed by atoms with E-state index in [0.29, 0.717) is 10.5 Å². The van der Waals surface area contributed by atoms with Gasteiger partial charge in [0, 0.05) is 5.75 Å². The van der Waals surface area contributed by atoms with Crippen LogP contribution in [0.3, 0.4) is 0 Å². The average molecular weight is 370 g/mol. The molecule has 1 aromatic heterocycles. The van der Waals surface area contributed by atoms with E-state index in [9.17, 15) is 4.79 Å². The van der Waals surface area contributed by atoms with Crippen LogP contribution in [0.25, 0.3) is 22.7 Å². The van der Waals surface area contributed by atoms with Gasteiger partial charge < -0.3 is 0 Å². The van der Waals surface area contributed by atoms with E-state index in [1.807, 2.05) is 72.8 Å². The maximum atomic E-state index is 13.1. The van der Waals surface area contributed by atoms with Gasteiger partial charge in [-0.05, 0) is 35.4 Å². The first kappa shape index (κ1) is 17.3. The van der Waals surface area contributed by atoms with E-state index in [4.69, 9.17) is 4.98 Å². The number of hydrogen-bond acceptors (Lipinski definition) is 3. The second-order valence-corrected chi connectivity index (χ2v) is 7.06. The minimum absolute atomic E-state index is 0.0451. The monoisotopic (exact) mass is 370 g/mol. The number of thioether (sulfide) groups is 1. The van der Waals surface area contributed by atoms with E-state index in [2.05, 4.69) is 18.7 Å². The maximum Gasteiger partial charge on any atom is 0.266 e. The molecule has 3 nitrogen and oxygen atoms in total. The van der Waals surface area contributed by atoms with Crippen molar-refractivity contribution in [2.75, 3.05) is 0 Å². The van der Waals surface area contributed by atoms with Crippen LogP contribution in [0.5, 0.6) is 0 Å². The smallest absolute Gasteiger partial charge is 0.266 e. The van der Waals surface area contributed by atoms with Gasteiger partial charge in [0.25, 0.3) is 5.56 Å². The molecule has 0 bridgehead atoms. The Morgan fingerprint density at radius 3 is 2.37 bits per heavy atom. The molecule has 4 rings (SSSR count). The zero-order valence-corrected chi connectivity index (χ0v) is 15.5. The summed E-state index contributed by atoms with van der Waals surface area (Å²) in [5, 5.41) is 1.32. The molecule has 0 radical (unpaired) electrons. The molecule has 0 fully saturated rings. The third-order valence-electron chi connectivity index (χ3n) is 4.34. The Morgan fingerprint density at radius 1 is 0.926 bits per heavy atom. The highest BCUT2D eigenvalue weighted by atomic mass is 32.2. The fourth-order valence-electron chi connectivity index (χ4n) is 2.91. The largest absolute Gasteiger partial charge is 0.268 e. The summed E-state index contributed by atoms with van der Waals surface area (Å²) in [5.74, 6) is 0.731. The highest BCUT2D eigenvalue weighted by Gasteiger charge is 2.13.